The number of carbonyl (C=O) groups is 1. The summed E-state index contributed by atoms with van der Waals surface area (Å²) in [6.07, 6.45) is 0. The van der Waals surface area contributed by atoms with Crippen LogP contribution in [0.2, 0.25) is 0 Å². The van der Waals surface area contributed by atoms with Crippen molar-refractivity contribution in [3.63, 3.8) is 0 Å². The van der Waals surface area contributed by atoms with Crippen LogP contribution in [0.3, 0.4) is 0 Å². The number of aryl methyl sites for hydroxylation is 1. The van der Waals surface area contributed by atoms with Gasteiger partial charge >= 0.3 is 0 Å². The molecule has 1 N–H and O–H groups in total. The zero-order chi connectivity index (χ0) is 17.9. The first-order valence-electron chi connectivity index (χ1n) is 8.68. The summed E-state index contributed by atoms with van der Waals surface area (Å²) in [4.78, 5) is 16.1. The molecule has 134 valence electrons. The van der Waals surface area contributed by atoms with Gasteiger partial charge in [0, 0.05) is 17.0 Å². The maximum absolute atomic E-state index is 12.8. The topological polar surface area (TPSA) is 41.6 Å². The number of rotatable bonds is 5. The Balaban J connectivity index is 1.74. The van der Waals surface area contributed by atoms with Crippen molar-refractivity contribution in [1.29, 1.82) is 0 Å². The van der Waals surface area contributed by atoms with E-state index >= 15 is 0 Å². The lowest BCUT2D eigenvalue weighted by Crippen LogP contribution is -2.55. The van der Waals surface area contributed by atoms with Gasteiger partial charge in [0.05, 0.1) is 25.8 Å². The van der Waals surface area contributed by atoms with Gasteiger partial charge in [-0.05, 0) is 37.8 Å². The van der Waals surface area contributed by atoms with Crippen LogP contribution in [-0.4, -0.2) is 42.6 Å². The summed E-state index contributed by atoms with van der Waals surface area (Å²) < 4.78 is 5.55. The summed E-state index contributed by atoms with van der Waals surface area (Å²) in [5, 5.41) is 5.28. The summed E-state index contributed by atoms with van der Waals surface area (Å²) in [5.74, 6) is 0.0500. The number of nitrogens with zero attached hydrogens (tertiary/aromatic N) is 1. The molecule has 3 rings (SSSR count). The Bertz CT molecular complexity index is 695. The van der Waals surface area contributed by atoms with Gasteiger partial charge in [-0.25, -0.2) is 0 Å². The summed E-state index contributed by atoms with van der Waals surface area (Å²) in [6.45, 7) is 8.84. The number of morpholine rings is 1. The third-order valence-electron chi connectivity index (χ3n) is 4.70. The molecule has 0 aliphatic carbocycles. The molecule has 1 aliphatic rings. The first-order chi connectivity index (χ1) is 12.0. The average molecular weight is 359 g/mol. The first-order valence-corrected chi connectivity index (χ1v) is 9.56. The highest BCUT2D eigenvalue weighted by Crippen LogP contribution is 2.26. The smallest absolute Gasteiger partial charge is 0.234 e. The Kier molecular flexibility index (Phi) is 5.57. The van der Waals surface area contributed by atoms with Gasteiger partial charge in [0.1, 0.15) is 0 Å². The lowest BCUT2D eigenvalue weighted by atomic mass is 10.0. The molecule has 1 atom stereocenters. The average Bonchev–Trinajstić information content (AvgIpc) is 3.10. The van der Waals surface area contributed by atoms with Crippen LogP contribution in [0.25, 0.3) is 0 Å². The minimum atomic E-state index is -0.113. The monoisotopic (exact) mass is 358 g/mol. The van der Waals surface area contributed by atoms with E-state index in [0.717, 1.165) is 17.0 Å². The number of ether oxygens (including phenoxy) is 1. The second kappa shape index (κ2) is 7.68. The van der Waals surface area contributed by atoms with Gasteiger partial charge in [0.25, 0.3) is 0 Å². The van der Waals surface area contributed by atoms with E-state index < -0.39 is 0 Å². The number of hydrogen-bond acceptors (Lipinski definition) is 4. The minimum absolute atomic E-state index is 0.0500. The largest absolute Gasteiger partial charge is 0.378 e. The Hall–Kier alpha value is -1.69. The number of benzene rings is 1. The second-order valence-corrected chi connectivity index (χ2v) is 8.19. The lowest BCUT2D eigenvalue weighted by Gasteiger charge is -2.41. The molecule has 5 heteroatoms. The summed E-state index contributed by atoms with van der Waals surface area (Å²) >= 11 is 1.67. The molecular formula is C20H26N2O2S. The van der Waals surface area contributed by atoms with E-state index in [4.69, 9.17) is 4.74 Å². The van der Waals surface area contributed by atoms with Crippen molar-refractivity contribution in [3.8, 4) is 0 Å². The van der Waals surface area contributed by atoms with Gasteiger partial charge in [0.2, 0.25) is 5.91 Å². The molecule has 25 heavy (non-hydrogen) atoms. The van der Waals surface area contributed by atoms with E-state index in [-0.39, 0.29) is 17.5 Å². The van der Waals surface area contributed by atoms with E-state index in [0.29, 0.717) is 19.8 Å². The molecule has 1 aromatic carbocycles. The van der Waals surface area contributed by atoms with Crippen LogP contribution >= 0.6 is 11.3 Å². The quantitative estimate of drug-likeness (QED) is 0.891. The summed E-state index contributed by atoms with van der Waals surface area (Å²) in [5.41, 5.74) is 2.22. The number of thiophene rings is 1. The molecule has 1 saturated heterocycles. The fourth-order valence-electron chi connectivity index (χ4n) is 3.10. The number of amides is 1. The van der Waals surface area contributed by atoms with Gasteiger partial charge in [-0.3, -0.25) is 9.69 Å². The molecule has 4 nitrogen and oxygen atoms in total. The third-order valence-corrected chi connectivity index (χ3v) is 5.63. The Morgan fingerprint density at radius 2 is 2.08 bits per heavy atom. The van der Waals surface area contributed by atoms with E-state index in [2.05, 4.69) is 61.3 Å². The van der Waals surface area contributed by atoms with Crippen molar-refractivity contribution in [3.05, 3.63) is 57.8 Å². The zero-order valence-corrected chi connectivity index (χ0v) is 15.9. The van der Waals surface area contributed by atoms with Gasteiger partial charge < -0.3 is 10.1 Å². The Labute approximate surface area is 153 Å². The van der Waals surface area contributed by atoms with Crippen molar-refractivity contribution >= 4 is 17.2 Å². The zero-order valence-electron chi connectivity index (χ0n) is 15.1. The highest BCUT2D eigenvalue weighted by atomic mass is 32.1. The lowest BCUT2D eigenvalue weighted by molar-refractivity contribution is -0.127. The first kappa shape index (κ1) is 18.1. The summed E-state index contributed by atoms with van der Waals surface area (Å²) in [7, 11) is 0. The van der Waals surface area contributed by atoms with Crippen LogP contribution in [0.5, 0.6) is 0 Å². The highest BCUT2D eigenvalue weighted by Gasteiger charge is 2.32. The molecule has 0 spiro atoms. The van der Waals surface area contributed by atoms with Crippen LogP contribution < -0.4 is 5.32 Å². The van der Waals surface area contributed by atoms with Crippen molar-refractivity contribution < 1.29 is 9.53 Å². The van der Waals surface area contributed by atoms with Crippen molar-refractivity contribution in [2.24, 2.45) is 0 Å². The van der Waals surface area contributed by atoms with Gasteiger partial charge in [-0.1, -0.05) is 35.9 Å². The van der Waals surface area contributed by atoms with E-state index in [1.54, 1.807) is 11.3 Å². The molecule has 0 unspecified atom stereocenters. The van der Waals surface area contributed by atoms with E-state index in [1.165, 1.54) is 5.56 Å². The van der Waals surface area contributed by atoms with Crippen molar-refractivity contribution in [2.75, 3.05) is 26.3 Å². The standard InChI is InChI=1S/C20H26N2O2S/c1-15-6-8-16(9-7-15)19(17-5-4-12-25-17)21-18(23)13-22-10-11-24-14-20(22,2)3/h4-9,12,19H,10-11,13-14H2,1-3H3,(H,21,23)/t19-/m1/s1. The Morgan fingerprint density at radius 1 is 1.32 bits per heavy atom. The third kappa shape index (κ3) is 4.48. The molecule has 0 radical (unpaired) electrons. The van der Waals surface area contributed by atoms with Gasteiger partial charge in [0.15, 0.2) is 0 Å². The fourth-order valence-corrected chi connectivity index (χ4v) is 3.90. The summed E-state index contributed by atoms with van der Waals surface area (Å²) in [6, 6.07) is 12.4. The van der Waals surface area contributed by atoms with Gasteiger partial charge in [-0.2, -0.15) is 0 Å². The molecule has 1 aromatic heterocycles. The maximum atomic E-state index is 12.8. The molecule has 0 saturated carbocycles. The van der Waals surface area contributed by atoms with Crippen molar-refractivity contribution in [2.45, 2.75) is 32.4 Å². The second-order valence-electron chi connectivity index (χ2n) is 7.21. The van der Waals surface area contributed by atoms with Crippen LogP contribution in [0.15, 0.2) is 41.8 Å². The molecule has 2 aromatic rings. The number of nitrogens with one attached hydrogen (secondary N) is 1. The van der Waals surface area contributed by atoms with Crippen LogP contribution in [0.1, 0.15) is 35.9 Å². The van der Waals surface area contributed by atoms with Gasteiger partial charge in [-0.15, -0.1) is 11.3 Å². The molecule has 2 heterocycles. The molecule has 1 fully saturated rings. The number of hydrogen-bond donors (Lipinski definition) is 1. The van der Waals surface area contributed by atoms with Crippen molar-refractivity contribution in [1.82, 2.24) is 10.2 Å². The Morgan fingerprint density at radius 3 is 2.72 bits per heavy atom. The van der Waals surface area contributed by atoms with Crippen LogP contribution in [0.4, 0.5) is 0 Å². The fraction of sp³-hybridized carbons (Fsp3) is 0.450. The minimum Gasteiger partial charge on any atom is -0.378 e. The van der Waals surface area contributed by atoms with E-state index in [1.807, 2.05) is 11.4 Å². The molecular weight excluding hydrogens is 332 g/mol. The molecule has 0 bridgehead atoms. The van der Waals surface area contributed by atoms with Crippen LogP contribution in [0, 0.1) is 6.92 Å². The highest BCUT2D eigenvalue weighted by molar-refractivity contribution is 7.10. The molecule has 1 aliphatic heterocycles. The predicted octanol–water partition coefficient (Wildman–Crippen LogP) is 3.37. The normalized spacial score (nSPS) is 18.7. The maximum Gasteiger partial charge on any atom is 0.234 e. The predicted molar refractivity (Wildman–Crippen MR) is 102 cm³/mol. The van der Waals surface area contributed by atoms with Crippen LogP contribution in [-0.2, 0) is 9.53 Å². The SMILES string of the molecule is Cc1ccc([C@@H](NC(=O)CN2CCOCC2(C)C)c2cccs2)cc1. The number of carbonyl (C=O) groups excluding carboxylic acids is 1. The molecule has 1 amide bonds. The van der Waals surface area contributed by atoms with E-state index in [9.17, 15) is 4.79 Å².